The van der Waals surface area contributed by atoms with Gasteiger partial charge in [-0.25, -0.2) is 4.98 Å². The first-order valence-corrected chi connectivity index (χ1v) is 11.6. The van der Waals surface area contributed by atoms with Crippen LogP contribution in [0, 0.1) is 13.8 Å². The predicted molar refractivity (Wildman–Crippen MR) is 122 cm³/mol. The molecule has 32 heavy (non-hydrogen) atoms. The number of thiazole rings is 1. The van der Waals surface area contributed by atoms with Crippen LogP contribution < -0.4 is 14.8 Å². The van der Waals surface area contributed by atoms with Crippen LogP contribution >= 0.6 is 23.1 Å². The average molecular weight is 467 g/mol. The lowest BCUT2D eigenvalue weighted by atomic mass is 10.0. The van der Waals surface area contributed by atoms with Crippen molar-refractivity contribution in [2.75, 3.05) is 17.9 Å². The van der Waals surface area contributed by atoms with Gasteiger partial charge >= 0.3 is 0 Å². The lowest BCUT2D eigenvalue weighted by Gasteiger charge is -2.04. The molecule has 0 saturated heterocycles. The summed E-state index contributed by atoms with van der Waals surface area (Å²) in [6.45, 7) is 4.29. The van der Waals surface area contributed by atoms with Crippen LogP contribution in [0.3, 0.4) is 0 Å². The summed E-state index contributed by atoms with van der Waals surface area (Å²) in [4.78, 5) is 16.9. The molecule has 4 aromatic rings. The van der Waals surface area contributed by atoms with Crippen LogP contribution in [-0.2, 0) is 4.79 Å². The summed E-state index contributed by atoms with van der Waals surface area (Å²) in [7, 11) is 0. The number of benzene rings is 2. The standard InChI is InChI=1S/C22H18N4O4S2/c1-12-3-4-13(2)15(7-12)16-9-31-21(23-16)24-19(27)10-32-22-26-25-20(30-22)14-5-6-17-18(8-14)29-11-28-17/h3-9H,10-11H2,1-2H3,(H,23,24,27). The maximum absolute atomic E-state index is 12.4. The molecule has 1 aliphatic rings. The highest BCUT2D eigenvalue weighted by Gasteiger charge is 2.17. The van der Waals surface area contributed by atoms with E-state index < -0.39 is 0 Å². The van der Waals surface area contributed by atoms with E-state index in [1.165, 1.54) is 16.9 Å². The molecule has 2 aromatic heterocycles. The smallest absolute Gasteiger partial charge is 0.277 e. The lowest BCUT2D eigenvalue weighted by molar-refractivity contribution is -0.113. The fourth-order valence-corrected chi connectivity index (χ4v) is 4.45. The molecule has 0 saturated carbocycles. The van der Waals surface area contributed by atoms with Crippen molar-refractivity contribution in [3.8, 4) is 34.2 Å². The highest BCUT2D eigenvalue weighted by Crippen LogP contribution is 2.36. The Balaban J connectivity index is 1.19. The molecule has 0 fully saturated rings. The first-order chi connectivity index (χ1) is 15.5. The van der Waals surface area contributed by atoms with Gasteiger partial charge in [-0.2, -0.15) is 0 Å². The molecule has 162 valence electrons. The number of nitrogens with zero attached hydrogens (tertiary/aromatic N) is 3. The third kappa shape index (κ3) is 4.32. The maximum atomic E-state index is 12.4. The molecule has 5 rings (SSSR count). The van der Waals surface area contributed by atoms with Gasteiger partial charge in [-0.15, -0.1) is 21.5 Å². The van der Waals surface area contributed by atoms with Crippen molar-refractivity contribution in [2.24, 2.45) is 0 Å². The van der Waals surface area contributed by atoms with Crippen molar-refractivity contribution < 1.29 is 18.7 Å². The fourth-order valence-electron chi connectivity index (χ4n) is 3.16. The molecule has 0 radical (unpaired) electrons. The minimum absolute atomic E-state index is 0.126. The van der Waals surface area contributed by atoms with Crippen molar-refractivity contribution in [2.45, 2.75) is 19.1 Å². The Bertz CT molecular complexity index is 1300. The Morgan fingerprint density at radius 1 is 1.12 bits per heavy atom. The number of rotatable bonds is 6. The molecule has 1 amide bonds. The van der Waals surface area contributed by atoms with E-state index in [1.54, 1.807) is 12.1 Å². The first kappa shape index (κ1) is 20.5. The number of aryl methyl sites for hydroxylation is 2. The molecule has 0 unspecified atom stereocenters. The summed E-state index contributed by atoms with van der Waals surface area (Å²) in [6, 6.07) is 11.6. The van der Waals surface area contributed by atoms with Crippen LogP contribution in [-0.4, -0.2) is 33.6 Å². The van der Waals surface area contributed by atoms with Crippen LogP contribution in [0.2, 0.25) is 0 Å². The quantitative estimate of drug-likeness (QED) is 0.399. The highest BCUT2D eigenvalue weighted by atomic mass is 32.2. The van der Waals surface area contributed by atoms with E-state index in [1.807, 2.05) is 25.3 Å². The largest absolute Gasteiger partial charge is 0.454 e. The fraction of sp³-hybridized carbons (Fsp3) is 0.182. The highest BCUT2D eigenvalue weighted by molar-refractivity contribution is 7.99. The van der Waals surface area contributed by atoms with Gasteiger partial charge in [0.15, 0.2) is 16.6 Å². The number of hydrogen-bond donors (Lipinski definition) is 1. The van der Waals surface area contributed by atoms with E-state index in [0.29, 0.717) is 27.7 Å². The Labute approximate surface area is 192 Å². The molecule has 2 aromatic carbocycles. The molecule has 10 heteroatoms. The number of fused-ring (bicyclic) bond motifs is 1. The summed E-state index contributed by atoms with van der Waals surface area (Å²) in [5.41, 5.74) is 4.95. The summed E-state index contributed by atoms with van der Waals surface area (Å²) in [6.07, 6.45) is 0. The molecular weight excluding hydrogens is 448 g/mol. The zero-order valence-electron chi connectivity index (χ0n) is 17.2. The molecule has 1 N–H and O–H groups in total. The summed E-state index contributed by atoms with van der Waals surface area (Å²) in [5.74, 6) is 1.60. The van der Waals surface area contributed by atoms with Gasteiger partial charge in [0.05, 0.1) is 11.4 Å². The Morgan fingerprint density at radius 3 is 2.91 bits per heavy atom. The minimum Gasteiger partial charge on any atom is -0.454 e. The second kappa shape index (κ2) is 8.64. The summed E-state index contributed by atoms with van der Waals surface area (Å²) in [5, 5.41) is 13.7. The molecular formula is C22H18N4O4S2. The number of thioether (sulfide) groups is 1. The van der Waals surface area contributed by atoms with Crippen molar-refractivity contribution in [3.05, 3.63) is 52.9 Å². The molecule has 3 heterocycles. The number of anilines is 1. The van der Waals surface area contributed by atoms with Gasteiger partial charge < -0.3 is 19.2 Å². The van der Waals surface area contributed by atoms with Gasteiger partial charge in [0, 0.05) is 16.5 Å². The van der Waals surface area contributed by atoms with E-state index in [0.717, 1.165) is 34.1 Å². The van der Waals surface area contributed by atoms with Crippen LogP contribution in [0.1, 0.15) is 11.1 Å². The number of carbonyl (C=O) groups excluding carboxylic acids is 1. The SMILES string of the molecule is Cc1ccc(C)c(-c2csc(NC(=O)CSc3nnc(-c4ccc5c(c4)OCO5)o3)n2)c1. The van der Waals surface area contributed by atoms with Gasteiger partial charge in [-0.05, 0) is 43.7 Å². The number of carbonyl (C=O) groups is 1. The van der Waals surface area contributed by atoms with Crippen LogP contribution in [0.5, 0.6) is 11.5 Å². The van der Waals surface area contributed by atoms with Gasteiger partial charge in [0.2, 0.25) is 18.6 Å². The number of ether oxygens (including phenoxy) is 2. The zero-order valence-corrected chi connectivity index (χ0v) is 18.9. The topological polar surface area (TPSA) is 99.4 Å². The van der Waals surface area contributed by atoms with Crippen molar-refractivity contribution >= 4 is 34.1 Å². The third-order valence-electron chi connectivity index (χ3n) is 4.77. The van der Waals surface area contributed by atoms with Gasteiger partial charge in [0.1, 0.15) is 0 Å². The van der Waals surface area contributed by atoms with Crippen LogP contribution in [0.25, 0.3) is 22.7 Å². The number of aromatic nitrogens is 3. The third-order valence-corrected chi connectivity index (χ3v) is 6.35. The Hall–Kier alpha value is -3.37. The van der Waals surface area contributed by atoms with Gasteiger partial charge in [0.25, 0.3) is 5.22 Å². The summed E-state index contributed by atoms with van der Waals surface area (Å²) < 4.78 is 16.3. The second-order valence-electron chi connectivity index (χ2n) is 7.13. The van der Waals surface area contributed by atoms with Crippen molar-refractivity contribution in [1.29, 1.82) is 0 Å². The minimum atomic E-state index is -0.195. The van der Waals surface area contributed by atoms with Crippen molar-refractivity contribution in [1.82, 2.24) is 15.2 Å². The first-order valence-electron chi connectivity index (χ1n) is 9.74. The van der Waals surface area contributed by atoms with Gasteiger partial charge in [-0.3, -0.25) is 4.79 Å². The average Bonchev–Trinajstić information content (AvgIpc) is 3.54. The van der Waals surface area contributed by atoms with Crippen molar-refractivity contribution in [3.63, 3.8) is 0 Å². The van der Waals surface area contributed by atoms with E-state index >= 15 is 0 Å². The lowest BCUT2D eigenvalue weighted by Crippen LogP contribution is -2.13. The number of hydrogen-bond acceptors (Lipinski definition) is 9. The maximum Gasteiger partial charge on any atom is 0.277 e. The van der Waals surface area contributed by atoms with Crippen LogP contribution in [0.4, 0.5) is 5.13 Å². The molecule has 8 nitrogen and oxygen atoms in total. The number of amides is 1. The van der Waals surface area contributed by atoms with Crippen LogP contribution in [0.15, 0.2) is 51.4 Å². The second-order valence-corrected chi connectivity index (χ2v) is 8.92. The normalized spacial score (nSPS) is 12.2. The summed E-state index contributed by atoms with van der Waals surface area (Å²) >= 11 is 2.56. The molecule has 1 aliphatic heterocycles. The van der Waals surface area contributed by atoms with Gasteiger partial charge in [-0.1, -0.05) is 29.5 Å². The van der Waals surface area contributed by atoms with E-state index in [-0.39, 0.29) is 18.5 Å². The van der Waals surface area contributed by atoms with E-state index in [2.05, 4.69) is 38.7 Å². The Kier molecular flexibility index (Phi) is 5.54. The van der Waals surface area contributed by atoms with E-state index in [4.69, 9.17) is 13.9 Å². The van der Waals surface area contributed by atoms with E-state index in [9.17, 15) is 4.79 Å². The Morgan fingerprint density at radius 2 is 2.00 bits per heavy atom. The molecule has 0 aliphatic carbocycles. The predicted octanol–water partition coefficient (Wildman–Crippen LogP) is 4.94. The number of nitrogens with one attached hydrogen (secondary N) is 1. The zero-order chi connectivity index (χ0) is 22.1. The monoisotopic (exact) mass is 466 g/mol. The molecule has 0 spiro atoms. The molecule has 0 bridgehead atoms. The molecule has 0 atom stereocenters.